The molecule has 0 radical (unpaired) electrons. The molecule has 3 aromatic rings. The lowest BCUT2D eigenvalue weighted by Crippen LogP contribution is -2.25. The van der Waals surface area contributed by atoms with Crippen molar-refractivity contribution >= 4 is 49.9 Å². The summed E-state index contributed by atoms with van der Waals surface area (Å²) in [5.41, 5.74) is -0.0297. The first-order valence-electron chi connectivity index (χ1n) is 8.84. The third kappa shape index (κ3) is 5.80. The lowest BCUT2D eigenvalue weighted by molar-refractivity contribution is 0.104. The molecule has 30 heavy (non-hydrogen) atoms. The summed E-state index contributed by atoms with van der Waals surface area (Å²) in [6.45, 7) is 0.530. The minimum absolute atomic E-state index is 0.0297. The van der Waals surface area contributed by atoms with Crippen LogP contribution in [0.3, 0.4) is 0 Å². The molecule has 0 fully saturated rings. The fourth-order valence-electron chi connectivity index (χ4n) is 2.65. The second-order valence-corrected chi connectivity index (χ2v) is 10.8. The van der Waals surface area contributed by atoms with Crippen molar-refractivity contribution in [3.63, 3.8) is 0 Å². The number of carbonyl (C=O) groups is 1. The Hall–Kier alpha value is -2.44. The number of Topliss-reactive ketones (excluding diaryl/α,β-unsaturated/α-hetero) is 1. The normalized spacial score (nSPS) is 11.8. The van der Waals surface area contributed by atoms with E-state index >= 15 is 0 Å². The van der Waals surface area contributed by atoms with E-state index in [1.165, 1.54) is 53.1 Å². The molecule has 0 N–H and O–H groups in total. The number of thiophene rings is 2. The summed E-state index contributed by atoms with van der Waals surface area (Å²) in [4.78, 5) is 15.9. The van der Waals surface area contributed by atoms with Crippen molar-refractivity contribution in [3.8, 4) is 6.07 Å². The summed E-state index contributed by atoms with van der Waals surface area (Å²) in [5, 5.41) is 13.7. The molecule has 0 saturated heterocycles. The summed E-state index contributed by atoms with van der Waals surface area (Å²) in [6, 6.07) is 15.2. The van der Waals surface area contributed by atoms with E-state index in [-0.39, 0.29) is 28.5 Å². The fraction of sp³-hybridized carbons (Fsp3) is 0.143. The van der Waals surface area contributed by atoms with Crippen LogP contribution in [0.15, 0.2) is 76.0 Å². The number of ketones is 1. The standard InChI is InChI=1S/C21H17ClN2O3S3/c22-17-5-7-19(8-6-17)30(26,27)12-9-24(15-18-3-1-10-28-18)14-16(13-23)21(25)20-4-2-11-29-20/h1-8,10-11,14H,9,12,15H2. The average molecular weight is 477 g/mol. The van der Waals surface area contributed by atoms with Gasteiger partial charge in [0.25, 0.3) is 0 Å². The summed E-state index contributed by atoms with van der Waals surface area (Å²) in [7, 11) is -3.55. The van der Waals surface area contributed by atoms with E-state index in [4.69, 9.17) is 11.6 Å². The van der Waals surface area contributed by atoms with Crippen LogP contribution in [0.25, 0.3) is 0 Å². The van der Waals surface area contributed by atoms with Crippen LogP contribution < -0.4 is 0 Å². The quantitative estimate of drug-likeness (QED) is 0.246. The van der Waals surface area contributed by atoms with E-state index in [0.717, 1.165) is 4.88 Å². The van der Waals surface area contributed by atoms with E-state index in [1.54, 1.807) is 22.4 Å². The molecule has 0 unspecified atom stereocenters. The van der Waals surface area contributed by atoms with Crippen LogP contribution in [0.2, 0.25) is 5.02 Å². The van der Waals surface area contributed by atoms with Gasteiger partial charge in [-0.05, 0) is 47.2 Å². The number of carbonyl (C=O) groups excluding carboxylic acids is 1. The van der Waals surface area contributed by atoms with Gasteiger partial charge >= 0.3 is 0 Å². The van der Waals surface area contributed by atoms with Gasteiger partial charge in [0.1, 0.15) is 11.6 Å². The number of sulfone groups is 1. The number of nitrogens with zero attached hydrogens (tertiary/aromatic N) is 2. The summed E-state index contributed by atoms with van der Waals surface area (Å²) in [5.74, 6) is -0.535. The molecular weight excluding hydrogens is 460 g/mol. The zero-order valence-corrected chi connectivity index (χ0v) is 18.9. The largest absolute Gasteiger partial charge is 0.370 e. The van der Waals surface area contributed by atoms with Crippen molar-refractivity contribution < 1.29 is 13.2 Å². The summed E-state index contributed by atoms with van der Waals surface area (Å²) < 4.78 is 25.4. The molecule has 2 heterocycles. The Morgan fingerprint density at radius 2 is 1.80 bits per heavy atom. The predicted octanol–water partition coefficient (Wildman–Crippen LogP) is 5.03. The molecular formula is C21H17ClN2O3S3. The number of allylic oxidation sites excluding steroid dienone is 1. The molecule has 9 heteroatoms. The second-order valence-electron chi connectivity index (χ2n) is 6.28. The van der Waals surface area contributed by atoms with E-state index in [9.17, 15) is 18.5 Å². The minimum atomic E-state index is -3.55. The molecule has 5 nitrogen and oxygen atoms in total. The maximum absolute atomic E-state index is 12.7. The van der Waals surface area contributed by atoms with E-state index in [0.29, 0.717) is 16.4 Å². The van der Waals surface area contributed by atoms with Crippen LogP contribution in [0.1, 0.15) is 14.5 Å². The maximum Gasteiger partial charge on any atom is 0.214 e. The van der Waals surface area contributed by atoms with Crippen molar-refractivity contribution in [1.82, 2.24) is 4.90 Å². The van der Waals surface area contributed by atoms with E-state index in [1.807, 2.05) is 23.6 Å². The van der Waals surface area contributed by atoms with Gasteiger partial charge in [0, 0.05) is 22.6 Å². The molecule has 3 rings (SSSR count). The van der Waals surface area contributed by atoms with Crippen LogP contribution in [0.4, 0.5) is 0 Å². The van der Waals surface area contributed by atoms with Crippen LogP contribution in [0, 0.1) is 11.3 Å². The molecule has 0 amide bonds. The van der Waals surface area contributed by atoms with Gasteiger partial charge in [0.2, 0.25) is 5.78 Å². The number of benzene rings is 1. The average Bonchev–Trinajstić information content (AvgIpc) is 3.44. The highest BCUT2D eigenvalue weighted by molar-refractivity contribution is 7.91. The SMILES string of the molecule is N#CC(=CN(CCS(=O)(=O)c1ccc(Cl)cc1)Cc1cccs1)C(=O)c1cccs1. The van der Waals surface area contributed by atoms with Crippen molar-refractivity contribution in [2.75, 3.05) is 12.3 Å². The first-order valence-corrected chi connectivity index (χ1v) is 12.6. The predicted molar refractivity (Wildman–Crippen MR) is 121 cm³/mol. The molecule has 0 atom stereocenters. The lowest BCUT2D eigenvalue weighted by atomic mass is 10.1. The number of nitriles is 1. The van der Waals surface area contributed by atoms with Crippen molar-refractivity contribution in [3.05, 3.63) is 85.8 Å². The van der Waals surface area contributed by atoms with Crippen LogP contribution in [-0.2, 0) is 16.4 Å². The summed E-state index contributed by atoms with van der Waals surface area (Å²) in [6.07, 6.45) is 1.46. The van der Waals surface area contributed by atoms with E-state index < -0.39 is 9.84 Å². The monoisotopic (exact) mass is 476 g/mol. The number of rotatable bonds is 9. The van der Waals surface area contributed by atoms with Gasteiger partial charge in [0.15, 0.2) is 9.84 Å². The zero-order valence-electron chi connectivity index (χ0n) is 15.7. The Bertz CT molecular complexity index is 1160. The minimum Gasteiger partial charge on any atom is -0.370 e. The highest BCUT2D eigenvalue weighted by Crippen LogP contribution is 2.19. The lowest BCUT2D eigenvalue weighted by Gasteiger charge is -2.20. The van der Waals surface area contributed by atoms with Gasteiger partial charge in [-0.15, -0.1) is 22.7 Å². The van der Waals surface area contributed by atoms with Gasteiger partial charge in [-0.1, -0.05) is 23.7 Å². The van der Waals surface area contributed by atoms with Crippen LogP contribution >= 0.6 is 34.3 Å². The number of halogens is 1. The maximum atomic E-state index is 12.7. The molecule has 0 saturated carbocycles. The molecule has 154 valence electrons. The van der Waals surface area contributed by atoms with E-state index in [2.05, 4.69) is 0 Å². The zero-order chi connectivity index (χ0) is 21.6. The summed E-state index contributed by atoms with van der Waals surface area (Å²) >= 11 is 8.62. The molecule has 1 aromatic carbocycles. The highest BCUT2D eigenvalue weighted by atomic mass is 35.5. The van der Waals surface area contributed by atoms with Gasteiger partial charge < -0.3 is 4.90 Å². The fourth-order valence-corrected chi connectivity index (χ4v) is 5.45. The molecule has 0 bridgehead atoms. The van der Waals surface area contributed by atoms with Crippen LogP contribution in [0.5, 0.6) is 0 Å². The van der Waals surface area contributed by atoms with Gasteiger partial charge in [-0.3, -0.25) is 4.79 Å². The number of hydrogen-bond donors (Lipinski definition) is 0. The Balaban J connectivity index is 1.82. The molecule has 0 aliphatic heterocycles. The molecule has 0 aliphatic rings. The Kier molecular flexibility index (Phi) is 7.45. The third-order valence-electron chi connectivity index (χ3n) is 4.18. The van der Waals surface area contributed by atoms with Crippen molar-refractivity contribution in [2.24, 2.45) is 0 Å². The molecule has 0 aliphatic carbocycles. The van der Waals surface area contributed by atoms with Gasteiger partial charge in [0.05, 0.1) is 22.1 Å². The second kappa shape index (κ2) is 10.0. The third-order valence-corrected chi connectivity index (χ3v) is 7.87. The van der Waals surface area contributed by atoms with Crippen molar-refractivity contribution in [2.45, 2.75) is 11.4 Å². The van der Waals surface area contributed by atoms with Gasteiger partial charge in [-0.2, -0.15) is 5.26 Å². The Morgan fingerprint density at radius 3 is 2.40 bits per heavy atom. The first-order chi connectivity index (χ1) is 14.4. The smallest absolute Gasteiger partial charge is 0.214 e. The highest BCUT2D eigenvalue weighted by Gasteiger charge is 2.19. The first kappa shape index (κ1) is 22.2. The number of hydrogen-bond acceptors (Lipinski definition) is 7. The Labute approximate surface area is 188 Å². The van der Waals surface area contributed by atoms with Gasteiger partial charge in [-0.25, -0.2) is 8.42 Å². The molecule has 2 aromatic heterocycles. The Morgan fingerprint density at radius 1 is 1.10 bits per heavy atom. The van der Waals surface area contributed by atoms with Crippen molar-refractivity contribution in [1.29, 1.82) is 5.26 Å². The van der Waals surface area contributed by atoms with Crippen LogP contribution in [-0.4, -0.2) is 31.4 Å². The molecule has 0 spiro atoms. The topological polar surface area (TPSA) is 78.2 Å².